The van der Waals surface area contributed by atoms with E-state index in [1.807, 2.05) is 19.2 Å². The molecule has 1 atom stereocenters. The summed E-state index contributed by atoms with van der Waals surface area (Å²) in [6, 6.07) is 6.20. The minimum absolute atomic E-state index is 0.0447. The van der Waals surface area contributed by atoms with E-state index in [9.17, 15) is 4.79 Å². The summed E-state index contributed by atoms with van der Waals surface area (Å²) in [6.45, 7) is 4.24. The molecule has 0 aliphatic carbocycles. The van der Waals surface area contributed by atoms with E-state index in [1.54, 1.807) is 4.90 Å². The number of anilines is 1. The van der Waals surface area contributed by atoms with Gasteiger partial charge < -0.3 is 4.90 Å². The summed E-state index contributed by atoms with van der Waals surface area (Å²) in [5.41, 5.74) is 3.41. The van der Waals surface area contributed by atoms with Crippen molar-refractivity contribution in [3.05, 3.63) is 29.3 Å². The number of carbonyl (C=O) groups is 1. The number of hydrogen-bond acceptors (Lipinski definition) is 1. The molecule has 2 rings (SSSR count). The molecule has 1 unspecified atom stereocenters. The van der Waals surface area contributed by atoms with E-state index in [4.69, 9.17) is 11.6 Å². The van der Waals surface area contributed by atoms with Crippen LogP contribution >= 0.6 is 11.6 Å². The highest BCUT2D eigenvalue weighted by Crippen LogP contribution is 2.34. The Morgan fingerprint density at radius 2 is 2.00 bits per heavy atom. The van der Waals surface area contributed by atoms with Crippen LogP contribution in [0.5, 0.6) is 0 Å². The van der Waals surface area contributed by atoms with Crippen molar-refractivity contribution in [2.75, 3.05) is 11.9 Å². The van der Waals surface area contributed by atoms with Crippen molar-refractivity contribution in [2.24, 2.45) is 5.92 Å². The Bertz CT molecular complexity index is 442. The summed E-state index contributed by atoms with van der Waals surface area (Å²) in [4.78, 5) is 13.3. The largest absolute Gasteiger partial charge is 0.315 e. The third-order valence-electron chi connectivity index (χ3n) is 3.35. The van der Waals surface area contributed by atoms with Crippen LogP contribution in [0, 0.1) is 5.92 Å². The SMILES string of the molecule is CC(C)C(Cl)c1ccc2c(c1)CCC(=O)N2C. The predicted molar refractivity (Wildman–Crippen MR) is 71.6 cm³/mol. The topological polar surface area (TPSA) is 20.3 Å². The highest BCUT2D eigenvalue weighted by atomic mass is 35.5. The minimum atomic E-state index is 0.0447. The molecule has 1 aromatic rings. The lowest BCUT2D eigenvalue weighted by atomic mass is 9.95. The number of nitrogens with zero attached hydrogens (tertiary/aromatic N) is 1. The lowest BCUT2D eigenvalue weighted by molar-refractivity contribution is -0.118. The minimum Gasteiger partial charge on any atom is -0.315 e. The zero-order chi connectivity index (χ0) is 12.6. The first-order valence-corrected chi connectivity index (χ1v) is 6.48. The Labute approximate surface area is 108 Å². The molecule has 0 fully saturated rings. The van der Waals surface area contributed by atoms with E-state index in [1.165, 1.54) is 5.56 Å². The van der Waals surface area contributed by atoms with Crippen LogP contribution in [-0.2, 0) is 11.2 Å². The number of benzene rings is 1. The van der Waals surface area contributed by atoms with Crippen molar-refractivity contribution < 1.29 is 4.79 Å². The molecule has 2 nitrogen and oxygen atoms in total. The van der Waals surface area contributed by atoms with Crippen LogP contribution in [-0.4, -0.2) is 13.0 Å². The predicted octanol–water partition coefficient (Wildman–Crippen LogP) is 3.53. The highest BCUT2D eigenvalue weighted by molar-refractivity contribution is 6.21. The molecule has 3 heteroatoms. The molecule has 17 heavy (non-hydrogen) atoms. The number of alkyl halides is 1. The molecule has 1 aliphatic heterocycles. The summed E-state index contributed by atoms with van der Waals surface area (Å²) >= 11 is 6.37. The van der Waals surface area contributed by atoms with Gasteiger partial charge in [-0.25, -0.2) is 0 Å². The average molecular weight is 252 g/mol. The van der Waals surface area contributed by atoms with Crippen molar-refractivity contribution >= 4 is 23.2 Å². The van der Waals surface area contributed by atoms with Gasteiger partial charge in [0.15, 0.2) is 0 Å². The van der Waals surface area contributed by atoms with Gasteiger partial charge in [-0.2, -0.15) is 0 Å². The van der Waals surface area contributed by atoms with Gasteiger partial charge in [0, 0.05) is 19.2 Å². The average Bonchev–Trinajstić information content (AvgIpc) is 2.32. The number of aryl methyl sites for hydroxylation is 1. The molecule has 1 heterocycles. The Morgan fingerprint density at radius 3 is 2.65 bits per heavy atom. The molecule has 0 saturated heterocycles. The van der Waals surface area contributed by atoms with Crippen molar-refractivity contribution in [1.82, 2.24) is 0 Å². The second-order valence-corrected chi connectivity index (χ2v) is 5.46. The van der Waals surface area contributed by atoms with Crippen molar-refractivity contribution in [3.63, 3.8) is 0 Å². The lowest BCUT2D eigenvalue weighted by Gasteiger charge is -2.27. The molecule has 1 aromatic carbocycles. The first-order chi connectivity index (χ1) is 8.00. The van der Waals surface area contributed by atoms with E-state index >= 15 is 0 Å². The zero-order valence-corrected chi connectivity index (χ0v) is 11.3. The Hall–Kier alpha value is -1.02. The van der Waals surface area contributed by atoms with E-state index < -0.39 is 0 Å². The maximum Gasteiger partial charge on any atom is 0.227 e. The number of halogens is 1. The molecular formula is C14H18ClNO. The zero-order valence-electron chi connectivity index (χ0n) is 10.5. The Balaban J connectivity index is 2.35. The van der Waals surface area contributed by atoms with Crippen LogP contribution in [0.25, 0.3) is 0 Å². The van der Waals surface area contributed by atoms with Crippen molar-refractivity contribution in [3.8, 4) is 0 Å². The number of hydrogen-bond donors (Lipinski definition) is 0. The van der Waals surface area contributed by atoms with Gasteiger partial charge in [-0.1, -0.05) is 26.0 Å². The van der Waals surface area contributed by atoms with Crippen LogP contribution in [0.2, 0.25) is 0 Å². The van der Waals surface area contributed by atoms with Gasteiger partial charge in [-0.3, -0.25) is 4.79 Å². The third kappa shape index (κ3) is 2.32. The van der Waals surface area contributed by atoms with E-state index in [-0.39, 0.29) is 11.3 Å². The third-order valence-corrected chi connectivity index (χ3v) is 4.11. The number of fused-ring (bicyclic) bond motifs is 1. The Kier molecular flexibility index (Phi) is 3.43. The first-order valence-electron chi connectivity index (χ1n) is 6.04. The van der Waals surface area contributed by atoms with Gasteiger partial charge in [-0.05, 0) is 29.5 Å². The molecule has 92 valence electrons. The standard InChI is InChI=1S/C14H18ClNO/c1-9(2)14(15)11-4-6-12-10(8-11)5-7-13(17)16(12)3/h4,6,8-9,14H,5,7H2,1-3H3. The molecule has 0 saturated carbocycles. The van der Waals surface area contributed by atoms with Crippen LogP contribution in [0.1, 0.15) is 36.8 Å². The van der Waals surface area contributed by atoms with Crippen molar-refractivity contribution in [2.45, 2.75) is 32.1 Å². The number of amides is 1. The monoisotopic (exact) mass is 251 g/mol. The molecule has 0 radical (unpaired) electrons. The number of carbonyl (C=O) groups excluding carboxylic acids is 1. The highest BCUT2D eigenvalue weighted by Gasteiger charge is 2.22. The molecular weight excluding hydrogens is 234 g/mol. The normalized spacial score (nSPS) is 17.2. The van der Waals surface area contributed by atoms with Crippen LogP contribution in [0.15, 0.2) is 18.2 Å². The van der Waals surface area contributed by atoms with Gasteiger partial charge >= 0.3 is 0 Å². The smallest absolute Gasteiger partial charge is 0.227 e. The molecule has 1 aliphatic rings. The molecule has 1 amide bonds. The summed E-state index contributed by atoms with van der Waals surface area (Å²) in [5, 5.41) is 0.0447. The first kappa shape index (κ1) is 12.4. The quantitative estimate of drug-likeness (QED) is 0.737. The van der Waals surface area contributed by atoms with Crippen LogP contribution in [0.4, 0.5) is 5.69 Å². The number of rotatable bonds is 2. The van der Waals surface area contributed by atoms with E-state index in [0.717, 1.165) is 17.7 Å². The summed E-state index contributed by atoms with van der Waals surface area (Å²) in [6.07, 6.45) is 1.43. The van der Waals surface area contributed by atoms with E-state index in [2.05, 4.69) is 19.9 Å². The summed E-state index contributed by atoms with van der Waals surface area (Å²) in [7, 11) is 1.83. The van der Waals surface area contributed by atoms with Gasteiger partial charge in [-0.15, -0.1) is 11.6 Å². The van der Waals surface area contributed by atoms with Gasteiger partial charge in [0.05, 0.1) is 5.38 Å². The summed E-state index contributed by atoms with van der Waals surface area (Å²) < 4.78 is 0. The van der Waals surface area contributed by atoms with E-state index in [0.29, 0.717) is 12.3 Å². The maximum absolute atomic E-state index is 11.6. The van der Waals surface area contributed by atoms with Crippen molar-refractivity contribution in [1.29, 1.82) is 0 Å². The molecule has 0 bridgehead atoms. The van der Waals surface area contributed by atoms with Gasteiger partial charge in [0.25, 0.3) is 0 Å². The lowest BCUT2D eigenvalue weighted by Crippen LogP contribution is -2.31. The molecule has 0 N–H and O–H groups in total. The van der Waals surface area contributed by atoms with Gasteiger partial charge in [0.1, 0.15) is 0 Å². The molecule has 0 spiro atoms. The van der Waals surface area contributed by atoms with Crippen LogP contribution < -0.4 is 4.90 Å². The van der Waals surface area contributed by atoms with Gasteiger partial charge in [0.2, 0.25) is 5.91 Å². The maximum atomic E-state index is 11.6. The fraction of sp³-hybridized carbons (Fsp3) is 0.500. The van der Waals surface area contributed by atoms with Crippen LogP contribution in [0.3, 0.4) is 0 Å². The Morgan fingerprint density at radius 1 is 1.29 bits per heavy atom. The molecule has 0 aromatic heterocycles. The second kappa shape index (κ2) is 4.69. The second-order valence-electron chi connectivity index (χ2n) is 4.99. The fourth-order valence-electron chi connectivity index (χ4n) is 2.23. The summed E-state index contributed by atoms with van der Waals surface area (Å²) in [5.74, 6) is 0.606. The fourth-order valence-corrected chi connectivity index (χ4v) is 2.37.